The van der Waals surface area contributed by atoms with E-state index in [0.717, 1.165) is 20.3 Å². The summed E-state index contributed by atoms with van der Waals surface area (Å²) in [6, 6.07) is 11.3. The van der Waals surface area contributed by atoms with Crippen LogP contribution in [-0.2, 0) is 4.79 Å². The minimum Gasteiger partial charge on any atom is -0.467 e. The Balaban J connectivity index is 1.49. The first-order chi connectivity index (χ1) is 12.1. The monoisotopic (exact) mass is 438 g/mol. The first-order valence-corrected chi connectivity index (χ1v) is 10.0. The summed E-state index contributed by atoms with van der Waals surface area (Å²) >= 11 is 6.19. The molecule has 0 aliphatic rings. The number of hydrogen-bond acceptors (Lipinski definition) is 7. The number of carbonyl (C=O) groups is 1. The quantitative estimate of drug-likeness (QED) is 0.524. The molecule has 0 aliphatic carbocycles. The Morgan fingerprint density at radius 2 is 2.24 bits per heavy atom. The molecule has 6 nitrogen and oxygen atoms in total. The maximum Gasteiger partial charge on any atom is 0.231 e. The number of benzene rings is 1. The van der Waals surface area contributed by atoms with Gasteiger partial charge in [-0.05, 0) is 37.3 Å². The van der Waals surface area contributed by atoms with Crippen molar-refractivity contribution in [1.29, 1.82) is 0 Å². The second-order valence-electron chi connectivity index (χ2n) is 5.10. The van der Waals surface area contributed by atoms with E-state index in [1.807, 2.05) is 37.3 Å². The largest absolute Gasteiger partial charge is 0.467 e. The number of aromatic nitrogens is 2. The molecule has 0 saturated carbocycles. The molecule has 130 valence electrons. The van der Waals surface area contributed by atoms with E-state index in [9.17, 15) is 4.79 Å². The Morgan fingerprint density at radius 3 is 3.00 bits per heavy atom. The molecular formula is C16H15BrN4O2S2. The fourth-order valence-corrected chi connectivity index (χ4v) is 4.01. The number of anilines is 2. The predicted octanol–water partition coefficient (Wildman–Crippen LogP) is 4.61. The van der Waals surface area contributed by atoms with Crippen LogP contribution in [0.3, 0.4) is 0 Å². The van der Waals surface area contributed by atoms with Crippen LogP contribution < -0.4 is 10.6 Å². The highest BCUT2D eigenvalue weighted by Gasteiger charge is 2.13. The molecule has 0 saturated heterocycles. The van der Waals surface area contributed by atoms with Crippen molar-refractivity contribution in [1.82, 2.24) is 15.5 Å². The van der Waals surface area contributed by atoms with E-state index in [2.05, 4.69) is 36.8 Å². The van der Waals surface area contributed by atoms with E-state index >= 15 is 0 Å². The first-order valence-electron chi connectivity index (χ1n) is 7.42. The molecule has 0 aliphatic heterocycles. The number of carbonyl (C=O) groups excluding carboxylic acids is 1. The Kier molecular flexibility index (Phi) is 6.11. The molecular weight excluding hydrogens is 424 g/mol. The number of nitrogens with zero attached hydrogens (tertiary/aromatic N) is 2. The zero-order chi connectivity index (χ0) is 17.6. The second-order valence-corrected chi connectivity index (χ2v) is 8.22. The maximum atomic E-state index is 12.0. The lowest BCUT2D eigenvalue weighted by Gasteiger charge is -2.10. The number of furan rings is 1. The van der Waals surface area contributed by atoms with Gasteiger partial charge >= 0.3 is 0 Å². The molecule has 1 amide bonds. The van der Waals surface area contributed by atoms with Gasteiger partial charge in [0, 0.05) is 10.2 Å². The van der Waals surface area contributed by atoms with Crippen molar-refractivity contribution in [3.63, 3.8) is 0 Å². The lowest BCUT2D eigenvalue weighted by atomic mass is 10.2. The van der Waals surface area contributed by atoms with Gasteiger partial charge in [0.2, 0.25) is 11.0 Å². The van der Waals surface area contributed by atoms with Gasteiger partial charge in [-0.2, -0.15) is 0 Å². The maximum absolute atomic E-state index is 12.0. The lowest BCUT2D eigenvalue weighted by Crippen LogP contribution is -2.27. The van der Waals surface area contributed by atoms with Crippen LogP contribution >= 0.6 is 39.0 Å². The average Bonchev–Trinajstić information content (AvgIpc) is 3.25. The van der Waals surface area contributed by atoms with Crippen LogP contribution in [0, 0.1) is 0 Å². The van der Waals surface area contributed by atoms with E-state index in [0.29, 0.717) is 5.13 Å². The Bertz CT molecular complexity index is 838. The third-order valence-corrected chi connectivity index (χ3v) is 5.62. The molecule has 1 aromatic carbocycles. The van der Waals surface area contributed by atoms with Gasteiger partial charge in [-0.1, -0.05) is 45.1 Å². The van der Waals surface area contributed by atoms with Crippen LogP contribution in [0.1, 0.15) is 18.7 Å². The third-order valence-electron chi connectivity index (χ3n) is 3.16. The molecule has 0 bridgehead atoms. The number of rotatable bonds is 7. The van der Waals surface area contributed by atoms with E-state index in [1.54, 1.807) is 12.3 Å². The van der Waals surface area contributed by atoms with E-state index in [4.69, 9.17) is 4.42 Å². The van der Waals surface area contributed by atoms with Gasteiger partial charge in [0.05, 0.1) is 18.1 Å². The van der Waals surface area contributed by atoms with Crippen molar-refractivity contribution in [3.05, 3.63) is 52.9 Å². The summed E-state index contributed by atoms with van der Waals surface area (Å²) < 4.78 is 6.99. The normalized spacial score (nSPS) is 11.9. The van der Waals surface area contributed by atoms with Gasteiger partial charge in [-0.3, -0.25) is 4.79 Å². The molecule has 0 spiro atoms. The van der Waals surface area contributed by atoms with Crippen molar-refractivity contribution >= 4 is 55.8 Å². The molecule has 9 heteroatoms. The number of amides is 1. The van der Waals surface area contributed by atoms with Gasteiger partial charge in [0.1, 0.15) is 5.76 Å². The highest BCUT2D eigenvalue weighted by molar-refractivity contribution is 9.10. The molecule has 3 aromatic rings. The van der Waals surface area contributed by atoms with Crippen LogP contribution in [0.5, 0.6) is 0 Å². The molecule has 0 radical (unpaired) electrons. The van der Waals surface area contributed by atoms with Crippen LogP contribution in [0.15, 0.2) is 55.9 Å². The highest BCUT2D eigenvalue weighted by atomic mass is 79.9. The molecule has 1 unspecified atom stereocenters. The van der Waals surface area contributed by atoms with Crippen LogP contribution in [0.25, 0.3) is 0 Å². The molecule has 3 rings (SSSR count). The zero-order valence-electron chi connectivity index (χ0n) is 13.2. The first kappa shape index (κ1) is 18.0. The summed E-state index contributed by atoms with van der Waals surface area (Å²) in [6.07, 6.45) is 1.59. The summed E-state index contributed by atoms with van der Waals surface area (Å²) in [5.74, 6) is 0.927. The summed E-state index contributed by atoms with van der Waals surface area (Å²) in [4.78, 5) is 12.0. The van der Waals surface area contributed by atoms with Gasteiger partial charge in [-0.25, -0.2) is 0 Å². The minimum absolute atomic E-state index is 0.0781. The molecule has 1 atom stereocenters. The number of hydrogen-bond donors (Lipinski definition) is 2. The Labute approximate surface area is 161 Å². The van der Waals surface area contributed by atoms with Gasteiger partial charge in [-0.15, -0.1) is 10.2 Å². The number of halogens is 1. The predicted molar refractivity (Wildman–Crippen MR) is 103 cm³/mol. The Hall–Kier alpha value is -1.84. The number of thioether (sulfide) groups is 1. The third kappa shape index (κ3) is 5.32. The fourth-order valence-electron chi connectivity index (χ4n) is 2.03. The highest BCUT2D eigenvalue weighted by Crippen LogP contribution is 2.28. The summed E-state index contributed by atoms with van der Waals surface area (Å²) in [7, 11) is 0. The fraction of sp³-hybridized carbons (Fsp3) is 0.188. The Morgan fingerprint density at radius 1 is 1.36 bits per heavy atom. The van der Waals surface area contributed by atoms with Crippen molar-refractivity contribution in [2.45, 2.75) is 17.3 Å². The van der Waals surface area contributed by atoms with Crippen molar-refractivity contribution in [2.75, 3.05) is 11.1 Å². The van der Waals surface area contributed by atoms with E-state index < -0.39 is 0 Å². The van der Waals surface area contributed by atoms with Crippen LogP contribution in [-0.4, -0.2) is 21.9 Å². The van der Waals surface area contributed by atoms with Gasteiger partial charge in [0.25, 0.3) is 0 Å². The van der Waals surface area contributed by atoms with Crippen molar-refractivity contribution in [3.8, 4) is 0 Å². The van der Waals surface area contributed by atoms with Crippen molar-refractivity contribution < 1.29 is 9.21 Å². The molecule has 2 N–H and O–H groups in total. The van der Waals surface area contributed by atoms with Crippen molar-refractivity contribution in [2.24, 2.45) is 0 Å². The van der Waals surface area contributed by atoms with E-state index in [1.165, 1.54) is 23.1 Å². The topological polar surface area (TPSA) is 80.0 Å². The summed E-state index contributed by atoms with van der Waals surface area (Å²) in [5.41, 5.74) is 0.923. The van der Waals surface area contributed by atoms with Crippen LogP contribution in [0.4, 0.5) is 10.8 Å². The van der Waals surface area contributed by atoms with Crippen LogP contribution in [0.2, 0.25) is 0 Å². The molecule has 0 fully saturated rings. The minimum atomic E-state index is -0.161. The molecule has 2 heterocycles. The standard InChI is InChI=1S/C16H15BrN4O2S2/c1-10(13-6-3-7-23-13)18-14(22)9-24-16-21-20-15(25-16)19-12-5-2-4-11(17)8-12/h2-8,10H,9H2,1H3,(H,18,22)(H,19,20). The van der Waals surface area contributed by atoms with Gasteiger partial charge < -0.3 is 15.1 Å². The second kappa shape index (κ2) is 8.50. The summed E-state index contributed by atoms with van der Waals surface area (Å²) in [5, 5.41) is 15.0. The average molecular weight is 439 g/mol. The molecule has 25 heavy (non-hydrogen) atoms. The van der Waals surface area contributed by atoms with E-state index in [-0.39, 0.29) is 17.7 Å². The smallest absolute Gasteiger partial charge is 0.231 e. The SMILES string of the molecule is CC(NC(=O)CSc1nnc(Nc2cccc(Br)c2)s1)c1ccco1. The van der Waals surface area contributed by atoms with Gasteiger partial charge in [0.15, 0.2) is 4.34 Å². The zero-order valence-corrected chi connectivity index (χ0v) is 16.5. The number of nitrogens with one attached hydrogen (secondary N) is 2. The summed E-state index contributed by atoms with van der Waals surface area (Å²) in [6.45, 7) is 1.88. The molecule has 2 aromatic heterocycles. The lowest BCUT2D eigenvalue weighted by molar-refractivity contribution is -0.119.